The molecule has 0 fully saturated rings. The fraction of sp³-hybridized carbons (Fsp3) is 0.500. The van der Waals surface area contributed by atoms with Crippen molar-refractivity contribution in [2.24, 2.45) is 5.92 Å². The van der Waals surface area contributed by atoms with E-state index in [-0.39, 0.29) is 12.1 Å². The summed E-state index contributed by atoms with van der Waals surface area (Å²) in [6, 6.07) is 6.28. The molecule has 2 N–H and O–H groups in total. The molecule has 1 atom stereocenters. The first-order valence-electron chi connectivity index (χ1n) is 6.73. The van der Waals surface area contributed by atoms with Crippen molar-refractivity contribution in [3.05, 3.63) is 34.4 Å². The zero-order chi connectivity index (χ0) is 15.0. The molecule has 0 aliphatic rings. The van der Waals surface area contributed by atoms with E-state index in [2.05, 4.69) is 12.2 Å². The first kappa shape index (κ1) is 15.9. The first-order chi connectivity index (χ1) is 9.52. The first-order valence-corrected chi connectivity index (χ1v) is 6.73. The van der Waals surface area contributed by atoms with Crippen LogP contribution < -0.4 is 5.32 Å². The highest BCUT2D eigenvalue weighted by atomic mass is 16.6. The molecule has 0 saturated heterocycles. The number of nitrogens with one attached hydrogen (secondary N) is 1. The quantitative estimate of drug-likeness (QED) is 0.535. The number of hydrogen-bond donors (Lipinski definition) is 2. The highest BCUT2D eigenvalue weighted by Gasteiger charge is 2.09. The lowest BCUT2D eigenvalue weighted by Gasteiger charge is -2.14. The van der Waals surface area contributed by atoms with Crippen molar-refractivity contribution in [1.82, 2.24) is 0 Å². The van der Waals surface area contributed by atoms with Crippen LogP contribution in [0.3, 0.4) is 0 Å². The zero-order valence-electron chi connectivity index (χ0n) is 11.5. The van der Waals surface area contributed by atoms with Crippen molar-refractivity contribution in [3.8, 4) is 0 Å². The Kier molecular flexibility index (Phi) is 6.49. The van der Waals surface area contributed by atoms with Crippen LogP contribution in [0.2, 0.25) is 0 Å². The molecular formula is C14H20N2O4. The summed E-state index contributed by atoms with van der Waals surface area (Å²) in [6.45, 7) is 2.79. The van der Waals surface area contributed by atoms with E-state index in [9.17, 15) is 14.9 Å². The number of carboxylic acid groups (broad SMARTS) is 1. The second-order valence-electron chi connectivity index (χ2n) is 4.73. The van der Waals surface area contributed by atoms with E-state index in [1.165, 1.54) is 12.1 Å². The van der Waals surface area contributed by atoms with E-state index in [1.807, 2.05) is 0 Å². The Morgan fingerprint density at radius 3 is 2.50 bits per heavy atom. The third kappa shape index (κ3) is 5.69. The summed E-state index contributed by atoms with van der Waals surface area (Å²) in [7, 11) is 0. The molecule has 0 bridgehead atoms. The molecule has 0 spiro atoms. The third-order valence-corrected chi connectivity index (χ3v) is 3.30. The highest BCUT2D eigenvalue weighted by Crippen LogP contribution is 2.18. The maximum Gasteiger partial charge on any atom is 0.303 e. The molecule has 20 heavy (non-hydrogen) atoms. The Morgan fingerprint density at radius 1 is 1.35 bits per heavy atom. The molecule has 0 amide bonds. The van der Waals surface area contributed by atoms with Gasteiger partial charge in [-0.15, -0.1) is 0 Å². The van der Waals surface area contributed by atoms with Crippen LogP contribution in [-0.4, -0.2) is 22.5 Å². The van der Waals surface area contributed by atoms with Crippen LogP contribution in [0.5, 0.6) is 0 Å². The van der Waals surface area contributed by atoms with E-state index >= 15 is 0 Å². The van der Waals surface area contributed by atoms with Crippen molar-refractivity contribution in [1.29, 1.82) is 0 Å². The molecule has 0 aromatic heterocycles. The van der Waals surface area contributed by atoms with Crippen LogP contribution in [0.15, 0.2) is 24.3 Å². The number of nitrogens with zero attached hydrogens (tertiary/aromatic N) is 1. The van der Waals surface area contributed by atoms with Gasteiger partial charge in [0, 0.05) is 30.8 Å². The molecule has 1 unspecified atom stereocenters. The SMILES string of the molecule is CCC(CCNc1ccc([N+](=O)[O-])cc1)CCC(=O)O. The molecule has 1 aromatic carbocycles. The van der Waals surface area contributed by atoms with Gasteiger partial charge in [0.15, 0.2) is 0 Å². The van der Waals surface area contributed by atoms with Gasteiger partial charge in [0.05, 0.1) is 4.92 Å². The number of carbonyl (C=O) groups is 1. The number of carboxylic acids is 1. The van der Waals surface area contributed by atoms with Gasteiger partial charge in [0.1, 0.15) is 0 Å². The van der Waals surface area contributed by atoms with Crippen LogP contribution in [0, 0.1) is 16.0 Å². The predicted molar refractivity (Wildman–Crippen MR) is 76.9 cm³/mol. The summed E-state index contributed by atoms with van der Waals surface area (Å²) >= 11 is 0. The number of nitro benzene ring substituents is 1. The largest absolute Gasteiger partial charge is 0.481 e. The zero-order valence-corrected chi connectivity index (χ0v) is 11.5. The van der Waals surface area contributed by atoms with Gasteiger partial charge in [-0.25, -0.2) is 0 Å². The van der Waals surface area contributed by atoms with Crippen LogP contribution in [-0.2, 0) is 4.79 Å². The fourth-order valence-electron chi connectivity index (χ4n) is 2.00. The van der Waals surface area contributed by atoms with E-state index in [0.29, 0.717) is 12.3 Å². The molecule has 0 saturated carbocycles. The maximum atomic E-state index is 10.5. The molecule has 6 heteroatoms. The predicted octanol–water partition coefficient (Wildman–Crippen LogP) is 3.29. The second-order valence-corrected chi connectivity index (χ2v) is 4.73. The van der Waals surface area contributed by atoms with Crippen molar-refractivity contribution < 1.29 is 14.8 Å². The third-order valence-electron chi connectivity index (χ3n) is 3.30. The number of benzene rings is 1. The van der Waals surface area contributed by atoms with Gasteiger partial charge in [-0.3, -0.25) is 14.9 Å². The molecule has 0 aliphatic carbocycles. The lowest BCUT2D eigenvalue weighted by molar-refractivity contribution is -0.384. The Morgan fingerprint density at radius 2 is 2.00 bits per heavy atom. The smallest absolute Gasteiger partial charge is 0.303 e. The molecule has 110 valence electrons. The average molecular weight is 280 g/mol. The normalized spacial score (nSPS) is 11.8. The monoisotopic (exact) mass is 280 g/mol. The Balaban J connectivity index is 2.35. The Labute approximate surface area is 118 Å². The van der Waals surface area contributed by atoms with Crippen LogP contribution in [0.25, 0.3) is 0 Å². The van der Waals surface area contributed by atoms with Gasteiger partial charge in [-0.2, -0.15) is 0 Å². The van der Waals surface area contributed by atoms with Gasteiger partial charge < -0.3 is 10.4 Å². The number of non-ortho nitro benzene ring substituents is 1. The molecule has 1 rings (SSSR count). The average Bonchev–Trinajstić information content (AvgIpc) is 2.42. The summed E-state index contributed by atoms with van der Waals surface area (Å²) in [4.78, 5) is 20.6. The van der Waals surface area contributed by atoms with Gasteiger partial charge in [0.25, 0.3) is 5.69 Å². The van der Waals surface area contributed by atoms with Crippen molar-refractivity contribution >= 4 is 17.3 Å². The summed E-state index contributed by atoms with van der Waals surface area (Å²) in [6.07, 6.45) is 2.74. The van der Waals surface area contributed by atoms with Crippen molar-refractivity contribution in [2.75, 3.05) is 11.9 Å². The van der Waals surface area contributed by atoms with Gasteiger partial charge >= 0.3 is 5.97 Å². The maximum absolute atomic E-state index is 10.5. The summed E-state index contributed by atoms with van der Waals surface area (Å²) < 4.78 is 0. The highest BCUT2D eigenvalue weighted by molar-refractivity contribution is 5.66. The fourth-order valence-corrected chi connectivity index (χ4v) is 2.00. The van der Waals surface area contributed by atoms with Gasteiger partial charge in [0.2, 0.25) is 0 Å². The van der Waals surface area contributed by atoms with Crippen LogP contribution >= 0.6 is 0 Å². The molecular weight excluding hydrogens is 260 g/mol. The summed E-state index contributed by atoms with van der Waals surface area (Å²) in [5.74, 6) is -0.372. The molecule has 0 aliphatic heterocycles. The minimum atomic E-state index is -0.758. The van der Waals surface area contributed by atoms with E-state index < -0.39 is 10.9 Å². The number of aliphatic carboxylic acids is 1. The van der Waals surface area contributed by atoms with Crippen molar-refractivity contribution in [3.63, 3.8) is 0 Å². The van der Waals surface area contributed by atoms with Crippen molar-refractivity contribution in [2.45, 2.75) is 32.6 Å². The number of anilines is 1. The van der Waals surface area contributed by atoms with Crippen LogP contribution in [0.4, 0.5) is 11.4 Å². The second kappa shape index (κ2) is 8.14. The summed E-state index contributed by atoms with van der Waals surface area (Å²) in [5.41, 5.74) is 0.909. The molecule has 0 radical (unpaired) electrons. The number of hydrogen-bond acceptors (Lipinski definition) is 4. The number of nitro groups is 1. The van der Waals surface area contributed by atoms with Gasteiger partial charge in [-0.05, 0) is 30.9 Å². The standard InChI is InChI=1S/C14H20N2O4/c1-2-11(3-8-14(17)18)9-10-15-12-4-6-13(7-5-12)16(19)20/h4-7,11,15H,2-3,8-10H2,1H3,(H,17,18). The van der Waals surface area contributed by atoms with Gasteiger partial charge in [-0.1, -0.05) is 13.3 Å². The minimum absolute atomic E-state index is 0.0726. The topological polar surface area (TPSA) is 92.5 Å². The number of rotatable bonds is 9. The van der Waals surface area contributed by atoms with E-state index in [1.54, 1.807) is 12.1 Å². The Hall–Kier alpha value is -2.11. The summed E-state index contributed by atoms with van der Waals surface area (Å²) in [5, 5.41) is 22.4. The van der Waals surface area contributed by atoms with E-state index in [0.717, 1.165) is 25.1 Å². The minimum Gasteiger partial charge on any atom is -0.481 e. The molecule has 6 nitrogen and oxygen atoms in total. The molecule has 1 aromatic rings. The van der Waals surface area contributed by atoms with E-state index in [4.69, 9.17) is 5.11 Å². The lowest BCUT2D eigenvalue weighted by Crippen LogP contribution is -2.10. The van der Waals surface area contributed by atoms with Crippen LogP contribution in [0.1, 0.15) is 32.6 Å². The molecule has 0 heterocycles. The lowest BCUT2D eigenvalue weighted by atomic mass is 9.96. The Bertz CT molecular complexity index is 445.